The van der Waals surface area contributed by atoms with E-state index in [1.165, 1.54) is 19.3 Å². The van der Waals surface area contributed by atoms with E-state index in [4.69, 9.17) is 5.26 Å². The third kappa shape index (κ3) is 3.99. The summed E-state index contributed by atoms with van der Waals surface area (Å²) in [4.78, 5) is 13.8. The lowest BCUT2D eigenvalue weighted by atomic mass is 9.96. The Morgan fingerprint density at radius 3 is 2.85 bits per heavy atom. The smallest absolute Gasteiger partial charge is 0.317 e. The van der Waals surface area contributed by atoms with Crippen LogP contribution in [0.5, 0.6) is 0 Å². The van der Waals surface area contributed by atoms with Gasteiger partial charge in [0, 0.05) is 19.6 Å². The van der Waals surface area contributed by atoms with E-state index >= 15 is 0 Å². The van der Waals surface area contributed by atoms with Crippen LogP contribution in [-0.4, -0.2) is 24.0 Å². The Morgan fingerprint density at radius 2 is 2.15 bits per heavy atom. The second kappa shape index (κ2) is 6.95. The molecule has 0 saturated heterocycles. The summed E-state index contributed by atoms with van der Waals surface area (Å²) in [6.07, 6.45) is 5.87. The minimum Gasteiger partial charge on any atom is -0.335 e. The van der Waals surface area contributed by atoms with Gasteiger partial charge < -0.3 is 10.2 Å². The van der Waals surface area contributed by atoms with E-state index in [0.717, 1.165) is 18.4 Å². The molecule has 1 fully saturated rings. The first-order valence-electron chi connectivity index (χ1n) is 7.19. The Balaban J connectivity index is 1.88. The molecule has 1 saturated carbocycles. The number of nitrogens with zero attached hydrogens (tertiary/aromatic N) is 2. The molecule has 0 spiro atoms. The van der Waals surface area contributed by atoms with E-state index in [1.807, 2.05) is 18.2 Å². The largest absolute Gasteiger partial charge is 0.335 e. The summed E-state index contributed by atoms with van der Waals surface area (Å²) in [6.45, 7) is 0.522. The minimum absolute atomic E-state index is 0.0285. The van der Waals surface area contributed by atoms with Crippen molar-refractivity contribution in [1.29, 1.82) is 5.26 Å². The summed E-state index contributed by atoms with van der Waals surface area (Å²) < 4.78 is 0. The molecule has 2 amide bonds. The first kappa shape index (κ1) is 14.4. The van der Waals surface area contributed by atoms with Gasteiger partial charge >= 0.3 is 6.03 Å². The summed E-state index contributed by atoms with van der Waals surface area (Å²) in [6, 6.07) is 9.79. The van der Waals surface area contributed by atoms with Gasteiger partial charge in [-0.15, -0.1) is 0 Å². The predicted octanol–water partition coefficient (Wildman–Crippen LogP) is 3.03. The molecule has 1 aromatic rings. The molecule has 0 unspecified atom stereocenters. The molecule has 1 aliphatic rings. The minimum atomic E-state index is -0.0285. The molecule has 106 valence electrons. The molecule has 2 rings (SSSR count). The number of nitriles is 1. The number of benzene rings is 1. The quantitative estimate of drug-likeness (QED) is 0.918. The van der Waals surface area contributed by atoms with Crippen molar-refractivity contribution < 1.29 is 4.79 Å². The fourth-order valence-corrected chi connectivity index (χ4v) is 2.62. The van der Waals surface area contributed by atoms with Gasteiger partial charge in [-0.1, -0.05) is 31.4 Å². The zero-order chi connectivity index (χ0) is 14.4. The molecular formula is C16H21N3O. The van der Waals surface area contributed by atoms with Crippen molar-refractivity contribution in [2.45, 2.75) is 44.7 Å². The van der Waals surface area contributed by atoms with Crippen LogP contribution < -0.4 is 5.32 Å². The van der Waals surface area contributed by atoms with Crippen molar-refractivity contribution in [3.63, 3.8) is 0 Å². The van der Waals surface area contributed by atoms with Gasteiger partial charge in [-0.25, -0.2) is 4.79 Å². The molecular weight excluding hydrogens is 250 g/mol. The average molecular weight is 271 g/mol. The molecule has 0 heterocycles. The zero-order valence-electron chi connectivity index (χ0n) is 11.9. The van der Waals surface area contributed by atoms with Crippen LogP contribution in [0.15, 0.2) is 24.3 Å². The molecule has 4 heteroatoms. The molecule has 1 N–H and O–H groups in total. The van der Waals surface area contributed by atoms with Crippen LogP contribution >= 0.6 is 0 Å². The Labute approximate surface area is 120 Å². The fourth-order valence-electron chi connectivity index (χ4n) is 2.62. The van der Waals surface area contributed by atoms with Gasteiger partial charge in [-0.05, 0) is 30.5 Å². The van der Waals surface area contributed by atoms with E-state index in [-0.39, 0.29) is 6.03 Å². The van der Waals surface area contributed by atoms with Crippen molar-refractivity contribution in [1.82, 2.24) is 10.2 Å². The normalized spacial score (nSPS) is 15.4. The lowest BCUT2D eigenvalue weighted by Gasteiger charge is -2.26. The molecule has 4 nitrogen and oxygen atoms in total. The number of nitrogens with one attached hydrogen (secondary N) is 1. The number of rotatable bonds is 3. The molecule has 1 aromatic carbocycles. The highest BCUT2D eigenvalue weighted by molar-refractivity contribution is 5.74. The Hall–Kier alpha value is -2.02. The Bertz CT molecular complexity index is 501. The number of amides is 2. The van der Waals surface area contributed by atoms with E-state index in [1.54, 1.807) is 18.0 Å². The van der Waals surface area contributed by atoms with Gasteiger partial charge in [0.15, 0.2) is 0 Å². The number of hydrogen-bond donors (Lipinski definition) is 1. The van der Waals surface area contributed by atoms with E-state index in [9.17, 15) is 4.79 Å². The van der Waals surface area contributed by atoms with Crippen molar-refractivity contribution in [2.75, 3.05) is 7.05 Å². The monoisotopic (exact) mass is 271 g/mol. The number of carbonyl (C=O) groups is 1. The van der Waals surface area contributed by atoms with Gasteiger partial charge in [0.2, 0.25) is 0 Å². The number of urea groups is 1. The second-order valence-corrected chi connectivity index (χ2v) is 5.45. The Kier molecular flexibility index (Phi) is 5.00. The van der Waals surface area contributed by atoms with Gasteiger partial charge in [0.25, 0.3) is 0 Å². The van der Waals surface area contributed by atoms with Crippen molar-refractivity contribution >= 4 is 6.03 Å². The summed E-state index contributed by atoms with van der Waals surface area (Å²) in [5.74, 6) is 0. The molecule has 0 aliphatic heterocycles. The number of hydrogen-bond acceptors (Lipinski definition) is 2. The van der Waals surface area contributed by atoms with Gasteiger partial charge in [0.05, 0.1) is 11.6 Å². The van der Waals surface area contributed by atoms with Gasteiger partial charge in [0.1, 0.15) is 0 Å². The van der Waals surface area contributed by atoms with Crippen LogP contribution in [0.1, 0.15) is 43.2 Å². The Morgan fingerprint density at radius 1 is 1.40 bits per heavy atom. The van der Waals surface area contributed by atoms with Gasteiger partial charge in [-0.3, -0.25) is 0 Å². The van der Waals surface area contributed by atoms with E-state index in [2.05, 4.69) is 11.4 Å². The van der Waals surface area contributed by atoms with Crippen molar-refractivity contribution in [3.8, 4) is 6.07 Å². The summed E-state index contributed by atoms with van der Waals surface area (Å²) in [7, 11) is 1.79. The third-order valence-electron chi connectivity index (χ3n) is 3.76. The van der Waals surface area contributed by atoms with Crippen LogP contribution in [0, 0.1) is 11.3 Å². The van der Waals surface area contributed by atoms with Crippen molar-refractivity contribution in [2.24, 2.45) is 0 Å². The maximum atomic E-state index is 12.1. The molecule has 0 bridgehead atoms. The maximum absolute atomic E-state index is 12.1. The lowest BCUT2D eigenvalue weighted by molar-refractivity contribution is 0.198. The van der Waals surface area contributed by atoms with Crippen LogP contribution in [-0.2, 0) is 6.54 Å². The fraction of sp³-hybridized carbons (Fsp3) is 0.500. The van der Waals surface area contributed by atoms with Crippen LogP contribution in [0.4, 0.5) is 4.79 Å². The van der Waals surface area contributed by atoms with Crippen LogP contribution in [0.3, 0.4) is 0 Å². The molecule has 0 atom stereocenters. The first-order valence-corrected chi connectivity index (χ1v) is 7.19. The first-order chi connectivity index (χ1) is 9.69. The molecule has 20 heavy (non-hydrogen) atoms. The SMILES string of the molecule is CN(Cc1cccc(C#N)c1)C(=O)NC1CCCCC1. The van der Waals surface area contributed by atoms with E-state index < -0.39 is 0 Å². The summed E-state index contributed by atoms with van der Waals surface area (Å²) in [5, 5.41) is 12.0. The van der Waals surface area contributed by atoms with Crippen LogP contribution in [0.2, 0.25) is 0 Å². The van der Waals surface area contributed by atoms with Gasteiger partial charge in [-0.2, -0.15) is 5.26 Å². The third-order valence-corrected chi connectivity index (χ3v) is 3.76. The standard InChI is InChI=1S/C16H21N3O/c1-19(12-14-7-5-6-13(10-14)11-17)16(20)18-15-8-3-2-4-9-15/h5-7,10,15H,2-4,8-9,12H2,1H3,(H,18,20). The van der Waals surface area contributed by atoms with Crippen molar-refractivity contribution in [3.05, 3.63) is 35.4 Å². The zero-order valence-corrected chi connectivity index (χ0v) is 11.9. The highest BCUT2D eigenvalue weighted by Gasteiger charge is 2.17. The number of carbonyl (C=O) groups excluding carboxylic acids is 1. The maximum Gasteiger partial charge on any atom is 0.317 e. The predicted molar refractivity (Wildman–Crippen MR) is 78.0 cm³/mol. The van der Waals surface area contributed by atoms with Crippen LogP contribution in [0.25, 0.3) is 0 Å². The van der Waals surface area contributed by atoms with E-state index in [0.29, 0.717) is 18.2 Å². The molecule has 0 radical (unpaired) electrons. The lowest BCUT2D eigenvalue weighted by Crippen LogP contribution is -2.43. The highest BCUT2D eigenvalue weighted by Crippen LogP contribution is 2.17. The average Bonchev–Trinajstić information content (AvgIpc) is 2.48. The summed E-state index contributed by atoms with van der Waals surface area (Å²) in [5.41, 5.74) is 1.61. The second-order valence-electron chi connectivity index (χ2n) is 5.45. The molecule has 0 aromatic heterocycles. The highest BCUT2D eigenvalue weighted by atomic mass is 16.2. The molecule has 1 aliphatic carbocycles. The summed E-state index contributed by atoms with van der Waals surface area (Å²) >= 11 is 0. The topological polar surface area (TPSA) is 56.1 Å².